The molecule has 5 rings (SSSR count). The number of carbonyl (C=O) groups excluding carboxylic acids is 1. The Morgan fingerprint density at radius 2 is 1.71 bits per heavy atom. The van der Waals surface area contributed by atoms with Crippen LogP contribution in [0.3, 0.4) is 0 Å². The van der Waals surface area contributed by atoms with E-state index in [9.17, 15) is 4.79 Å². The van der Waals surface area contributed by atoms with Crippen LogP contribution in [0, 0.1) is 29.1 Å². The fourth-order valence-corrected chi connectivity index (χ4v) is 6.89. The van der Waals surface area contributed by atoms with Gasteiger partial charge in [0.2, 0.25) is 5.91 Å². The lowest BCUT2D eigenvalue weighted by Gasteiger charge is -2.57. The molecule has 5 fully saturated rings. The van der Waals surface area contributed by atoms with Crippen LogP contribution in [0.5, 0.6) is 0 Å². The van der Waals surface area contributed by atoms with Crippen LogP contribution in [0.25, 0.3) is 0 Å². The summed E-state index contributed by atoms with van der Waals surface area (Å²) in [6, 6.07) is 0. The van der Waals surface area contributed by atoms with Gasteiger partial charge in [0, 0.05) is 24.8 Å². The van der Waals surface area contributed by atoms with Crippen LogP contribution in [-0.4, -0.2) is 29.2 Å². The zero-order valence-electron chi connectivity index (χ0n) is 13.0. The van der Waals surface area contributed by atoms with Crippen molar-refractivity contribution in [3.05, 3.63) is 0 Å². The summed E-state index contributed by atoms with van der Waals surface area (Å²) in [5.74, 6) is 4.03. The van der Waals surface area contributed by atoms with E-state index in [1.54, 1.807) is 0 Å². The van der Waals surface area contributed by atoms with E-state index in [1.165, 1.54) is 51.4 Å². The molecule has 0 spiro atoms. The average molecular weight is 354 g/mol. The smallest absolute Gasteiger partial charge is 0.223 e. The van der Waals surface area contributed by atoms with Gasteiger partial charge in [0.25, 0.3) is 0 Å². The Labute approximate surface area is 137 Å². The Bertz CT molecular complexity index is 386. The summed E-state index contributed by atoms with van der Waals surface area (Å²) in [5, 5.41) is 1.05. The van der Waals surface area contributed by atoms with Gasteiger partial charge in [-0.3, -0.25) is 4.79 Å². The van der Waals surface area contributed by atoms with Crippen LogP contribution in [0.4, 0.5) is 0 Å². The van der Waals surface area contributed by atoms with E-state index >= 15 is 0 Å². The maximum atomic E-state index is 12.9. The third-order valence-corrected chi connectivity index (χ3v) is 7.70. The molecule has 0 aromatic heterocycles. The molecule has 5 aliphatic rings. The first-order valence-corrected chi connectivity index (χ1v) is 10.1. The monoisotopic (exact) mass is 353 g/mol. The van der Waals surface area contributed by atoms with Gasteiger partial charge in [-0.25, -0.2) is 0 Å². The van der Waals surface area contributed by atoms with Crippen molar-refractivity contribution in [2.45, 2.75) is 57.8 Å². The number of carbonyl (C=O) groups is 1. The second-order valence-corrected chi connectivity index (χ2v) is 9.24. The van der Waals surface area contributed by atoms with Crippen LogP contribution in [0.15, 0.2) is 0 Å². The SMILES string of the molecule is O=C(CC12CC3CC(CC(C3)C1)C2)N1CCCC(CBr)C1. The second-order valence-electron chi connectivity index (χ2n) is 8.60. The molecule has 4 aliphatic carbocycles. The summed E-state index contributed by atoms with van der Waals surface area (Å²) in [6.45, 7) is 2.01. The van der Waals surface area contributed by atoms with E-state index in [-0.39, 0.29) is 0 Å². The summed E-state index contributed by atoms with van der Waals surface area (Å²) < 4.78 is 0. The molecule has 0 radical (unpaired) electrons. The molecule has 3 heteroatoms. The third-order valence-electron chi connectivity index (χ3n) is 6.78. The van der Waals surface area contributed by atoms with Crippen molar-refractivity contribution >= 4 is 21.8 Å². The predicted octanol–water partition coefficient (Wildman–Crippen LogP) is 4.23. The lowest BCUT2D eigenvalue weighted by atomic mass is 9.49. The molecular formula is C18H28BrNO. The summed E-state index contributed by atoms with van der Waals surface area (Å²) in [7, 11) is 0. The molecule has 21 heavy (non-hydrogen) atoms. The first kappa shape index (κ1) is 14.5. The van der Waals surface area contributed by atoms with Crippen molar-refractivity contribution in [2.24, 2.45) is 29.1 Å². The molecular weight excluding hydrogens is 326 g/mol. The predicted molar refractivity (Wildman–Crippen MR) is 88.3 cm³/mol. The normalized spacial score (nSPS) is 45.1. The van der Waals surface area contributed by atoms with Gasteiger partial charge in [0.05, 0.1) is 0 Å². The topological polar surface area (TPSA) is 20.3 Å². The average Bonchev–Trinajstić information content (AvgIpc) is 2.45. The van der Waals surface area contributed by atoms with Crippen molar-refractivity contribution in [1.29, 1.82) is 0 Å². The number of nitrogens with zero attached hydrogens (tertiary/aromatic N) is 1. The zero-order valence-corrected chi connectivity index (χ0v) is 14.6. The Morgan fingerprint density at radius 3 is 2.29 bits per heavy atom. The number of piperidine rings is 1. The van der Waals surface area contributed by atoms with E-state index in [1.807, 2.05) is 0 Å². The minimum absolute atomic E-state index is 0.410. The van der Waals surface area contributed by atoms with Crippen molar-refractivity contribution < 1.29 is 4.79 Å². The Kier molecular flexibility index (Phi) is 3.84. The van der Waals surface area contributed by atoms with Crippen molar-refractivity contribution in [3.8, 4) is 0 Å². The minimum atomic E-state index is 0.410. The quantitative estimate of drug-likeness (QED) is 0.695. The molecule has 118 valence electrons. The summed E-state index contributed by atoms with van der Waals surface area (Å²) >= 11 is 3.60. The van der Waals surface area contributed by atoms with Crippen LogP contribution in [-0.2, 0) is 4.79 Å². The molecule has 1 amide bonds. The van der Waals surface area contributed by atoms with Gasteiger partial charge in [0.15, 0.2) is 0 Å². The second kappa shape index (κ2) is 5.54. The van der Waals surface area contributed by atoms with Crippen LogP contribution in [0.1, 0.15) is 57.8 Å². The Morgan fingerprint density at radius 1 is 1.10 bits per heavy atom. The van der Waals surface area contributed by atoms with E-state index in [0.717, 1.165) is 42.6 Å². The number of alkyl halides is 1. The molecule has 0 aromatic rings. The third kappa shape index (κ3) is 2.80. The van der Waals surface area contributed by atoms with Gasteiger partial charge >= 0.3 is 0 Å². The van der Waals surface area contributed by atoms with Crippen LogP contribution in [0.2, 0.25) is 0 Å². The van der Waals surface area contributed by atoms with Gasteiger partial charge in [0.1, 0.15) is 0 Å². The number of rotatable bonds is 3. The first-order chi connectivity index (χ1) is 10.2. The molecule has 4 bridgehead atoms. The maximum absolute atomic E-state index is 12.9. The van der Waals surface area contributed by atoms with Gasteiger partial charge in [-0.2, -0.15) is 0 Å². The van der Waals surface area contributed by atoms with Crippen molar-refractivity contribution in [1.82, 2.24) is 4.90 Å². The first-order valence-electron chi connectivity index (χ1n) is 8.99. The zero-order chi connectivity index (χ0) is 14.4. The number of amides is 1. The van der Waals surface area contributed by atoms with E-state index in [2.05, 4.69) is 20.8 Å². The van der Waals surface area contributed by atoms with Gasteiger partial charge in [-0.15, -0.1) is 0 Å². The Balaban J connectivity index is 1.42. The number of hydrogen-bond donors (Lipinski definition) is 0. The van der Waals surface area contributed by atoms with Gasteiger partial charge in [-0.1, -0.05) is 15.9 Å². The lowest BCUT2D eigenvalue weighted by molar-refractivity contribution is -0.141. The van der Waals surface area contributed by atoms with E-state index in [0.29, 0.717) is 17.2 Å². The molecule has 1 atom stereocenters. The molecule has 1 saturated heterocycles. The van der Waals surface area contributed by atoms with Gasteiger partial charge in [-0.05, 0) is 80.5 Å². The lowest BCUT2D eigenvalue weighted by Crippen LogP contribution is -2.49. The molecule has 0 aromatic carbocycles. The summed E-state index contributed by atoms with van der Waals surface area (Å²) in [5.41, 5.74) is 0.410. The molecule has 0 N–H and O–H groups in total. The fourth-order valence-electron chi connectivity index (χ4n) is 6.36. The number of likely N-dealkylation sites (tertiary alicyclic amines) is 1. The highest BCUT2D eigenvalue weighted by Crippen LogP contribution is 2.61. The van der Waals surface area contributed by atoms with Crippen molar-refractivity contribution in [3.63, 3.8) is 0 Å². The Hall–Kier alpha value is -0.0500. The van der Waals surface area contributed by atoms with E-state index in [4.69, 9.17) is 0 Å². The van der Waals surface area contributed by atoms with E-state index < -0.39 is 0 Å². The number of hydrogen-bond acceptors (Lipinski definition) is 1. The largest absolute Gasteiger partial charge is 0.342 e. The standard InChI is InChI=1S/C18H28BrNO/c19-11-13-2-1-3-20(12-13)17(21)10-18-7-14-4-15(8-18)6-16(5-14)9-18/h13-16H,1-12H2. The van der Waals surface area contributed by atoms with Crippen LogP contribution < -0.4 is 0 Å². The molecule has 1 heterocycles. The summed E-state index contributed by atoms with van der Waals surface area (Å²) in [4.78, 5) is 15.0. The number of halogens is 1. The molecule has 2 nitrogen and oxygen atoms in total. The summed E-state index contributed by atoms with van der Waals surface area (Å²) in [6.07, 6.45) is 11.9. The molecule has 4 saturated carbocycles. The minimum Gasteiger partial charge on any atom is -0.342 e. The molecule has 1 aliphatic heterocycles. The fraction of sp³-hybridized carbons (Fsp3) is 0.944. The molecule has 1 unspecified atom stereocenters. The highest BCUT2D eigenvalue weighted by atomic mass is 79.9. The maximum Gasteiger partial charge on any atom is 0.223 e. The highest BCUT2D eigenvalue weighted by molar-refractivity contribution is 9.09. The highest BCUT2D eigenvalue weighted by Gasteiger charge is 2.51. The van der Waals surface area contributed by atoms with Gasteiger partial charge < -0.3 is 4.90 Å². The van der Waals surface area contributed by atoms with Crippen LogP contribution >= 0.6 is 15.9 Å². The van der Waals surface area contributed by atoms with Crippen molar-refractivity contribution in [2.75, 3.05) is 18.4 Å².